The smallest absolute Gasteiger partial charge is 0.161 e. The monoisotopic (exact) mass is 291 g/mol. The fourth-order valence-corrected chi connectivity index (χ4v) is 2.30. The number of nitrogens with zero attached hydrogens (tertiary/aromatic N) is 2. The number of thioether (sulfide) groups is 1. The summed E-state index contributed by atoms with van der Waals surface area (Å²) in [6, 6.07) is 7.56. The highest BCUT2D eigenvalue weighted by Gasteiger charge is 2.16. The molecule has 0 aliphatic carbocycles. The third-order valence-electron chi connectivity index (χ3n) is 2.47. The molecule has 0 radical (unpaired) electrons. The number of nitrogens with one attached hydrogen (secondary N) is 1. The summed E-state index contributed by atoms with van der Waals surface area (Å²) in [7, 11) is 0. The van der Waals surface area contributed by atoms with Crippen LogP contribution in [-0.2, 0) is 9.68 Å². The number of benzene rings is 1. The molecule has 1 heterocycles. The van der Waals surface area contributed by atoms with E-state index < -0.39 is 0 Å². The Morgan fingerprint density at radius 2 is 2.30 bits per heavy atom. The Bertz CT molecular complexity index is 541. The number of hydrogen-bond acceptors (Lipinski definition) is 6. The van der Waals surface area contributed by atoms with Gasteiger partial charge in [-0.15, -0.1) is 0 Å². The Kier molecular flexibility index (Phi) is 5.17. The van der Waals surface area contributed by atoms with Crippen LogP contribution in [0.15, 0.2) is 34.6 Å². The highest BCUT2D eigenvalue weighted by Crippen LogP contribution is 2.17. The first-order chi connectivity index (χ1) is 9.68. The van der Waals surface area contributed by atoms with E-state index in [1.807, 2.05) is 38.1 Å². The summed E-state index contributed by atoms with van der Waals surface area (Å²) in [4.78, 5) is 10.2. The molecule has 0 atom stereocenters. The van der Waals surface area contributed by atoms with Gasteiger partial charge in [0.15, 0.2) is 5.04 Å². The van der Waals surface area contributed by atoms with E-state index in [1.54, 1.807) is 6.21 Å². The van der Waals surface area contributed by atoms with Crippen molar-refractivity contribution in [1.29, 1.82) is 5.41 Å². The van der Waals surface area contributed by atoms with E-state index in [4.69, 9.17) is 15.1 Å². The summed E-state index contributed by atoms with van der Waals surface area (Å²) in [5, 5.41) is 16.7. The largest absolute Gasteiger partial charge is 0.394 e. The summed E-state index contributed by atoms with van der Waals surface area (Å²) < 4.78 is 0. The predicted molar refractivity (Wildman–Crippen MR) is 82.9 cm³/mol. The molecule has 1 N–H and O–H groups in total. The van der Waals surface area contributed by atoms with Crippen molar-refractivity contribution >= 4 is 28.7 Å². The van der Waals surface area contributed by atoms with Crippen LogP contribution in [0.3, 0.4) is 0 Å². The van der Waals surface area contributed by atoms with Crippen LogP contribution in [0.1, 0.15) is 25.0 Å². The summed E-state index contributed by atoms with van der Waals surface area (Å²) in [6.45, 7) is 4.42. The van der Waals surface area contributed by atoms with Crippen molar-refractivity contribution in [3.8, 4) is 0 Å². The van der Waals surface area contributed by atoms with Crippen molar-refractivity contribution in [2.45, 2.75) is 20.0 Å². The van der Waals surface area contributed by atoms with Gasteiger partial charge >= 0.3 is 0 Å². The van der Waals surface area contributed by atoms with Gasteiger partial charge in [0.25, 0.3) is 0 Å². The van der Waals surface area contributed by atoms with Crippen LogP contribution in [0.5, 0.6) is 0 Å². The Morgan fingerprint density at radius 1 is 1.50 bits per heavy atom. The SMILES string of the molecule is CC(C)O/N=C/c1ccccc1C(=N)C1=NOCCS1. The summed E-state index contributed by atoms with van der Waals surface area (Å²) in [6.07, 6.45) is 1.66. The minimum Gasteiger partial charge on any atom is -0.394 e. The van der Waals surface area contributed by atoms with Crippen LogP contribution in [0.2, 0.25) is 0 Å². The third kappa shape index (κ3) is 3.84. The van der Waals surface area contributed by atoms with Gasteiger partial charge in [0.1, 0.15) is 12.7 Å². The maximum absolute atomic E-state index is 8.25. The lowest BCUT2D eigenvalue weighted by Crippen LogP contribution is -2.18. The zero-order chi connectivity index (χ0) is 14.4. The fraction of sp³-hybridized carbons (Fsp3) is 0.357. The zero-order valence-corrected chi connectivity index (χ0v) is 12.3. The molecule has 2 rings (SSSR count). The molecule has 0 amide bonds. The van der Waals surface area contributed by atoms with Gasteiger partial charge in [-0.2, -0.15) is 0 Å². The second-order valence-corrected chi connectivity index (χ2v) is 5.51. The van der Waals surface area contributed by atoms with E-state index in [1.165, 1.54) is 11.8 Å². The minimum atomic E-state index is 0.0320. The summed E-state index contributed by atoms with van der Waals surface area (Å²) >= 11 is 1.53. The number of oxime groups is 2. The van der Waals surface area contributed by atoms with Crippen LogP contribution in [0.4, 0.5) is 0 Å². The van der Waals surface area contributed by atoms with Crippen LogP contribution < -0.4 is 0 Å². The first-order valence-electron chi connectivity index (χ1n) is 6.38. The van der Waals surface area contributed by atoms with E-state index in [0.717, 1.165) is 16.9 Å². The first kappa shape index (κ1) is 14.6. The Labute approximate surface area is 122 Å². The molecule has 0 spiro atoms. The Hall–Kier alpha value is -1.82. The average molecular weight is 291 g/mol. The third-order valence-corrected chi connectivity index (χ3v) is 3.39. The van der Waals surface area contributed by atoms with Gasteiger partial charge in [-0.3, -0.25) is 5.41 Å². The molecule has 20 heavy (non-hydrogen) atoms. The van der Waals surface area contributed by atoms with E-state index in [0.29, 0.717) is 17.4 Å². The fourth-order valence-electron chi connectivity index (χ4n) is 1.59. The van der Waals surface area contributed by atoms with Crippen LogP contribution in [0.25, 0.3) is 0 Å². The molecule has 1 aromatic rings. The maximum Gasteiger partial charge on any atom is 0.161 e. The standard InChI is InChI=1S/C14H17N3O2S/c1-10(2)19-16-9-11-5-3-4-6-12(11)13(15)14-17-18-7-8-20-14/h3-6,9-10,15H,7-8H2,1-2H3/b15-13?,16-9+. The van der Waals surface area contributed by atoms with Crippen molar-refractivity contribution < 1.29 is 9.68 Å². The molecule has 1 aliphatic heterocycles. The molecule has 1 aliphatic rings. The molecule has 0 aromatic heterocycles. The molecule has 6 heteroatoms. The van der Waals surface area contributed by atoms with E-state index in [9.17, 15) is 0 Å². The average Bonchev–Trinajstić information content (AvgIpc) is 2.47. The van der Waals surface area contributed by atoms with Gasteiger partial charge in [-0.05, 0) is 13.8 Å². The van der Waals surface area contributed by atoms with Gasteiger partial charge in [0, 0.05) is 16.9 Å². The molecule has 5 nitrogen and oxygen atoms in total. The molecule has 106 valence electrons. The maximum atomic E-state index is 8.25. The predicted octanol–water partition coefficient (Wildman–Crippen LogP) is 2.89. The van der Waals surface area contributed by atoms with Crippen molar-refractivity contribution in [2.75, 3.05) is 12.4 Å². The van der Waals surface area contributed by atoms with Crippen LogP contribution >= 0.6 is 11.8 Å². The van der Waals surface area contributed by atoms with E-state index >= 15 is 0 Å². The van der Waals surface area contributed by atoms with Crippen molar-refractivity contribution in [2.24, 2.45) is 10.3 Å². The molecular formula is C14H17N3O2S. The molecular weight excluding hydrogens is 274 g/mol. The highest BCUT2D eigenvalue weighted by atomic mass is 32.2. The molecule has 0 fully saturated rings. The van der Waals surface area contributed by atoms with Gasteiger partial charge in [0.2, 0.25) is 0 Å². The van der Waals surface area contributed by atoms with Crippen molar-refractivity contribution in [3.63, 3.8) is 0 Å². The zero-order valence-electron chi connectivity index (χ0n) is 11.5. The normalized spacial score (nSPS) is 15.1. The van der Waals surface area contributed by atoms with Crippen molar-refractivity contribution in [3.05, 3.63) is 35.4 Å². The number of rotatable bonds is 5. The van der Waals surface area contributed by atoms with Gasteiger partial charge < -0.3 is 9.68 Å². The molecule has 0 unspecified atom stereocenters. The quantitative estimate of drug-likeness (QED) is 0.670. The van der Waals surface area contributed by atoms with Crippen LogP contribution in [0, 0.1) is 5.41 Å². The molecule has 1 aromatic carbocycles. The van der Waals surface area contributed by atoms with Crippen molar-refractivity contribution in [1.82, 2.24) is 0 Å². The second-order valence-electron chi connectivity index (χ2n) is 4.43. The Balaban J connectivity index is 2.21. The number of hydrogen-bond donors (Lipinski definition) is 1. The van der Waals surface area contributed by atoms with Gasteiger partial charge in [0.05, 0.1) is 11.9 Å². The molecule has 0 bridgehead atoms. The second kappa shape index (κ2) is 7.09. The minimum absolute atomic E-state index is 0.0320. The summed E-state index contributed by atoms with van der Waals surface area (Å²) in [5.74, 6) is 0.813. The highest BCUT2D eigenvalue weighted by molar-refractivity contribution is 8.15. The first-order valence-corrected chi connectivity index (χ1v) is 7.37. The lowest BCUT2D eigenvalue weighted by Gasteiger charge is -2.13. The lowest BCUT2D eigenvalue weighted by atomic mass is 10.0. The summed E-state index contributed by atoms with van der Waals surface area (Å²) in [5.41, 5.74) is 1.94. The molecule has 0 saturated heterocycles. The van der Waals surface area contributed by atoms with Gasteiger partial charge in [-0.1, -0.05) is 46.3 Å². The van der Waals surface area contributed by atoms with Gasteiger partial charge in [-0.25, -0.2) is 0 Å². The molecule has 0 saturated carbocycles. The van der Waals surface area contributed by atoms with Crippen LogP contribution in [-0.4, -0.2) is 35.4 Å². The Morgan fingerprint density at radius 3 is 3.00 bits per heavy atom. The lowest BCUT2D eigenvalue weighted by molar-refractivity contribution is 0.0873. The van der Waals surface area contributed by atoms with E-state index in [2.05, 4.69) is 10.3 Å². The van der Waals surface area contributed by atoms with E-state index in [-0.39, 0.29) is 6.10 Å². The topological polar surface area (TPSA) is 67.0 Å².